The van der Waals surface area contributed by atoms with Crippen LogP contribution in [0.3, 0.4) is 0 Å². The Hall–Kier alpha value is -4.37. The SMILES string of the molecule is Cc1ccc(S(=O)(=O)n2ccc3c2ncc2nnc([C@@H]4CC[C@H](Nc5cnc(C#N)cn5)C4)n23)cc1. The van der Waals surface area contributed by atoms with Crippen LogP contribution in [0.15, 0.2) is 60.0 Å². The molecule has 1 fully saturated rings. The highest BCUT2D eigenvalue weighted by Crippen LogP contribution is 2.36. The van der Waals surface area contributed by atoms with Gasteiger partial charge in [0, 0.05) is 18.2 Å². The molecule has 11 nitrogen and oxygen atoms in total. The Kier molecular flexibility index (Phi) is 5.15. The summed E-state index contributed by atoms with van der Waals surface area (Å²) in [6.45, 7) is 1.91. The number of nitriles is 1. The molecule has 5 aromatic rings. The van der Waals surface area contributed by atoms with Crippen molar-refractivity contribution in [1.29, 1.82) is 5.26 Å². The molecule has 1 N–H and O–H groups in total. The summed E-state index contributed by atoms with van der Waals surface area (Å²) in [5.74, 6) is 1.51. The fourth-order valence-electron chi connectivity index (χ4n) is 4.75. The van der Waals surface area contributed by atoms with Gasteiger partial charge in [-0.2, -0.15) is 5.26 Å². The quantitative estimate of drug-likeness (QED) is 0.386. The van der Waals surface area contributed by atoms with E-state index in [0.29, 0.717) is 22.6 Å². The maximum atomic E-state index is 13.3. The van der Waals surface area contributed by atoms with Gasteiger partial charge in [0.05, 0.1) is 29.0 Å². The highest BCUT2D eigenvalue weighted by Gasteiger charge is 2.31. The van der Waals surface area contributed by atoms with Gasteiger partial charge in [0.2, 0.25) is 0 Å². The van der Waals surface area contributed by atoms with Gasteiger partial charge >= 0.3 is 0 Å². The summed E-state index contributed by atoms with van der Waals surface area (Å²) in [6, 6.07) is 10.6. The molecule has 36 heavy (non-hydrogen) atoms. The largest absolute Gasteiger partial charge is 0.366 e. The summed E-state index contributed by atoms with van der Waals surface area (Å²) in [7, 11) is -3.81. The van der Waals surface area contributed by atoms with Gasteiger partial charge in [-0.1, -0.05) is 17.7 Å². The van der Waals surface area contributed by atoms with E-state index in [1.807, 2.05) is 17.4 Å². The molecule has 0 radical (unpaired) electrons. The summed E-state index contributed by atoms with van der Waals surface area (Å²) < 4.78 is 29.8. The average Bonchev–Trinajstić information content (AvgIpc) is 3.62. The van der Waals surface area contributed by atoms with Gasteiger partial charge in [-0.15, -0.1) is 10.2 Å². The zero-order valence-corrected chi connectivity index (χ0v) is 20.1. The van der Waals surface area contributed by atoms with Crippen molar-refractivity contribution in [3.63, 3.8) is 0 Å². The molecule has 4 aromatic heterocycles. The van der Waals surface area contributed by atoms with Gasteiger partial charge < -0.3 is 5.32 Å². The molecule has 0 spiro atoms. The van der Waals surface area contributed by atoms with Gasteiger partial charge in [0.1, 0.15) is 17.7 Å². The number of hydrogen-bond acceptors (Lipinski definition) is 9. The molecule has 1 aromatic carbocycles. The predicted octanol–water partition coefficient (Wildman–Crippen LogP) is 3.03. The van der Waals surface area contributed by atoms with Crippen molar-refractivity contribution < 1.29 is 8.42 Å². The van der Waals surface area contributed by atoms with Crippen molar-refractivity contribution in [2.24, 2.45) is 0 Å². The van der Waals surface area contributed by atoms with E-state index >= 15 is 0 Å². The summed E-state index contributed by atoms with van der Waals surface area (Å²) in [4.78, 5) is 12.9. The lowest BCUT2D eigenvalue weighted by atomic mass is 10.1. The van der Waals surface area contributed by atoms with Crippen LogP contribution in [0.5, 0.6) is 0 Å². The number of hydrogen-bond donors (Lipinski definition) is 1. The standard InChI is InChI=1S/C24H21N9O2S/c1-15-2-6-19(7-3-15)36(34,35)32-9-8-20-24(32)28-14-22-30-31-23(33(20)22)16-4-5-17(10-16)29-21-13-26-18(11-25)12-27-21/h2-3,6-9,12-14,16-17H,4-5,10H2,1H3,(H,27,29)/t16-,17+/m1/s1. The maximum absolute atomic E-state index is 13.3. The maximum Gasteiger partial charge on any atom is 0.269 e. The number of benzene rings is 1. The van der Waals surface area contributed by atoms with Crippen LogP contribution >= 0.6 is 0 Å². The van der Waals surface area contributed by atoms with Crippen molar-refractivity contribution in [3.05, 3.63) is 72.2 Å². The molecular formula is C24H21N9O2S. The minimum atomic E-state index is -3.81. The van der Waals surface area contributed by atoms with E-state index in [1.54, 1.807) is 42.7 Å². The van der Waals surface area contributed by atoms with Crippen molar-refractivity contribution in [1.82, 2.24) is 33.5 Å². The first-order valence-electron chi connectivity index (χ1n) is 11.5. The van der Waals surface area contributed by atoms with Crippen molar-refractivity contribution in [2.45, 2.75) is 43.0 Å². The molecule has 1 saturated carbocycles. The predicted molar refractivity (Wildman–Crippen MR) is 131 cm³/mol. The Morgan fingerprint density at radius 1 is 1.03 bits per heavy atom. The van der Waals surface area contributed by atoms with Crippen molar-refractivity contribution in [2.75, 3.05) is 5.32 Å². The fourth-order valence-corrected chi connectivity index (χ4v) is 6.05. The zero-order chi connectivity index (χ0) is 24.9. The molecule has 0 saturated heterocycles. The van der Waals surface area contributed by atoms with E-state index in [4.69, 9.17) is 5.26 Å². The minimum Gasteiger partial charge on any atom is -0.366 e. The van der Waals surface area contributed by atoms with Crippen LogP contribution < -0.4 is 5.32 Å². The molecule has 1 aliphatic carbocycles. The third-order valence-corrected chi connectivity index (χ3v) is 8.24. The molecule has 6 rings (SSSR count). The van der Waals surface area contributed by atoms with E-state index in [-0.39, 0.29) is 22.5 Å². The number of nitrogens with zero attached hydrogens (tertiary/aromatic N) is 8. The van der Waals surface area contributed by atoms with Crippen LogP contribution in [0.4, 0.5) is 5.82 Å². The molecule has 1 aliphatic rings. The van der Waals surface area contributed by atoms with Gasteiger partial charge in [0.15, 0.2) is 17.0 Å². The van der Waals surface area contributed by atoms with Crippen LogP contribution in [0.2, 0.25) is 0 Å². The van der Waals surface area contributed by atoms with E-state index < -0.39 is 10.0 Å². The molecule has 0 aliphatic heterocycles. The zero-order valence-electron chi connectivity index (χ0n) is 19.3. The summed E-state index contributed by atoms with van der Waals surface area (Å²) in [5, 5.41) is 21.0. The molecule has 0 unspecified atom stereocenters. The van der Waals surface area contributed by atoms with E-state index in [2.05, 4.69) is 30.5 Å². The number of nitrogens with one attached hydrogen (secondary N) is 1. The number of anilines is 1. The highest BCUT2D eigenvalue weighted by molar-refractivity contribution is 7.90. The molecule has 0 amide bonds. The smallest absolute Gasteiger partial charge is 0.269 e. The van der Waals surface area contributed by atoms with Crippen LogP contribution in [-0.4, -0.2) is 48.0 Å². The van der Waals surface area contributed by atoms with Crippen LogP contribution in [0.1, 0.15) is 42.3 Å². The van der Waals surface area contributed by atoms with Gasteiger partial charge in [-0.25, -0.2) is 27.3 Å². The lowest BCUT2D eigenvalue weighted by Crippen LogP contribution is -2.17. The van der Waals surface area contributed by atoms with E-state index in [9.17, 15) is 8.42 Å². The lowest BCUT2D eigenvalue weighted by Gasteiger charge is -2.13. The summed E-state index contributed by atoms with van der Waals surface area (Å²) in [5.41, 5.74) is 2.78. The Labute approximate surface area is 206 Å². The monoisotopic (exact) mass is 499 g/mol. The Morgan fingerprint density at radius 3 is 2.61 bits per heavy atom. The normalized spacial score (nSPS) is 18.0. The molecular weight excluding hydrogens is 478 g/mol. The topological polar surface area (TPSA) is 144 Å². The number of fused-ring (bicyclic) bond motifs is 3. The van der Waals surface area contributed by atoms with Crippen molar-refractivity contribution >= 4 is 32.7 Å². The Balaban J connectivity index is 1.32. The first-order chi connectivity index (χ1) is 17.4. The second-order valence-electron chi connectivity index (χ2n) is 8.90. The highest BCUT2D eigenvalue weighted by atomic mass is 32.2. The fraction of sp³-hybridized carbons (Fsp3) is 0.250. The number of rotatable bonds is 5. The first-order valence-corrected chi connectivity index (χ1v) is 12.9. The Bertz CT molecular complexity index is 1730. The number of aryl methyl sites for hydroxylation is 1. The van der Waals surface area contributed by atoms with Crippen LogP contribution in [0, 0.1) is 18.3 Å². The van der Waals surface area contributed by atoms with Crippen molar-refractivity contribution in [3.8, 4) is 6.07 Å². The third kappa shape index (κ3) is 3.64. The number of aromatic nitrogens is 7. The first kappa shape index (κ1) is 22.1. The molecule has 0 bridgehead atoms. The van der Waals surface area contributed by atoms with E-state index in [1.165, 1.54) is 16.4 Å². The molecule has 180 valence electrons. The average molecular weight is 500 g/mol. The molecule has 2 atom stereocenters. The van der Waals surface area contributed by atoms with Gasteiger partial charge in [-0.05, 0) is 44.4 Å². The van der Waals surface area contributed by atoms with Gasteiger partial charge in [0.25, 0.3) is 10.0 Å². The van der Waals surface area contributed by atoms with Crippen LogP contribution in [-0.2, 0) is 10.0 Å². The molecule has 4 heterocycles. The van der Waals surface area contributed by atoms with E-state index in [0.717, 1.165) is 30.7 Å². The third-order valence-electron chi connectivity index (χ3n) is 6.56. The van der Waals surface area contributed by atoms with Gasteiger partial charge in [-0.3, -0.25) is 4.40 Å². The Morgan fingerprint density at radius 2 is 1.86 bits per heavy atom. The second-order valence-corrected chi connectivity index (χ2v) is 10.7. The second kappa shape index (κ2) is 8.39. The summed E-state index contributed by atoms with van der Waals surface area (Å²) >= 11 is 0. The lowest BCUT2D eigenvalue weighted by molar-refractivity contribution is 0.588. The van der Waals surface area contributed by atoms with Crippen LogP contribution in [0.25, 0.3) is 16.8 Å². The minimum absolute atomic E-state index is 0.117. The molecule has 12 heteroatoms. The summed E-state index contributed by atoms with van der Waals surface area (Å²) in [6.07, 6.45) is 8.67.